The molecule has 0 bridgehead atoms. The number of hydrogen-bond donors (Lipinski definition) is 0. The molecular weight excluding hydrogens is 272 g/mol. The van der Waals surface area contributed by atoms with Gasteiger partial charge in [0.1, 0.15) is 0 Å². The maximum Gasteiger partial charge on any atom is 0.201 e. The summed E-state index contributed by atoms with van der Waals surface area (Å²) < 4.78 is 0. The fraction of sp³-hybridized carbons (Fsp3) is 0.900. The van der Waals surface area contributed by atoms with E-state index in [-0.39, 0.29) is 5.92 Å². The Morgan fingerprint density at radius 1 is 0.636 bits per heavy atom. The van der Waals surface area contributed by atoms with Gasteiger partial charge in [-0.05, 0) is 19.3 Å². The second kappa shape index (κ2) is 18.4. The van der Waals surface area contributed by atoms with Crippen LogP contribution in [0.25, 0.3) is 0 Å². The summed E-state index contributed by atoms with van der Waals surface area (Å²) in [4.78, 5) is 20.9. The molecule has 128 valence electrons. The van der Waals surface area contributed by atoms with Gasteiger partial charge in [0.25, 0.3) is 0 Å². The van der Waals surface area contributed by atoms with Gasteiger partial charge >= 0.3 is 0 Å². The lowest BCUT2D eigenvalue weighted by Gasteiger charge is -2.08. The molecule has 2 heteroatoms. The Morgan fingerprint density at radius 2 is 1.09 bits per heavy atom. The van der Waals surface area contributed by atoms with Crippen LogP contribution in [0.1, 0.15) is 110 Å². The highest BCUT2D eigenvalue weighted by Gasteiger charge is 2.07. The Morgan fingerprint density at radius 3 is 1.55 bits per heavy atom. The second-order valence-corrected chi connectivity index (χ2v) is 6.53. The van der Waals surface area contributed by atoms with E-state index in [0.29, 0.717) is 6.42 Å². The third-order valence-electron chi connectivity index (χ3n) is 4.40. The van der Waals surface area contributed by atoms with Crippen molar-refractivity contribution in [2.75, 3.05) is 0 Å². The van der Waals surface area contributed by atoms with Crippen molar-refractivity contribution < 1.29 is 9.59 Å². The van der Waals surface area contributed by atoms with E-state index in [1.54, 1.807) is 0 Å². The average Bonchev–Trinajstić information content (AvgIpc) is 2.54. The van der Waals surface area contributed by atoms with Crippen LogP contribution < -0.4 is 0 Å². The molecule has 2 radical (unpaired) electrons. The molecular formula is C20H36O2. The van der Waals surface area contributed by atoms with E-state index in [4.69, 9.17) is 0 Å². The Bertz CT molecular complexity index is 238. The number of unbranched alkanes of at least 4 members (excludes halogenated alkanes) is 12. The fourth-order valence-corrected chi connectivity index (χ4v) is 2.91. The van der Waals surface area contributed by atoms with Gasteiger partial charge in [0.2, 0.25) is 6.29 Å². The van der Waals surface area contributed by atoms with Crippen molar-refractivity contribution >= 4 is 12.6 Å². The zero-order valence-electron chi connectivity index (χ0n) is 14.7. The molecule has 0 saturated heterocycles. The van der Waals surface area contributed by atoms with Gasteiger partial charge in [-0.3, -0.25) is 9.59 Å². The third kappa shape index (κ3) is 15.7. The molecule has 0 amide bonds. The highest BCUT2D eigenvalue weighted by atomic mass is 16.1. The molecule has 0 aromatic heterocycles. The second-order valence-electron chi connectivity index (χ2n) is 6.53. The normalized spacial score (nSPS) is 12.2. The molecule has 0 fully saturated rings. The Labute approximate surface area is 138 Å². The summed E-state index contributed by atoms with van der Waals surface area (Å²) in [5.41, 5.74) is 0. The van der Waals surface area contributed by atoms with E-state index in [9.17, 15) is 9.59 Å². The van der Waals surface area contributed by atoms with E-state index >= 15 is 0 Å². The minimum absolute atomic E-state index is 0.190. The van der Waals surface area contributed by atoms with Crippen LogP contribution in [-0.2, 0) is 9.59 Å². The Hall–Kier alpha value is -0.660. The SMILES string of the molecule is CCCCCC([C]=O)CCCCCCCCCCCC[C]=O. The fourth-order valence-electron chi connectivity index (χ4n) is 2.91. The van der Waals surface area contributed by atoms with E-state index < -0.39 is 0 Å². The van der Waals surface area contributed by atoms with Crippen molar-refractivity contribution in [3.8, 4) is 0 Å². The van der Waals surface area contributed by atoms with E-state index in [1.165, 1.54) is 77.0 Å². The molecule has 0 aliphatic carbocycles. The zero-order valence-corrected chi connectivity index (χ0v) is 14.7. The van der Waals surface area contributed by atoms with Crippen LogP contribution in [0.2, 0.25) is 0 Å². The summed E-state index contributed by atoms with van der Waals surface area (Å²) in [6.07, 6.45) is 23.0. The molecule has 2 nitrogen and oxygen atoms in total. The standard InChI is InChI=1S/C20H36O2/c1-2-3-13-16-20(19-22)17-14-11-9-7-5-4-6-8-10-12-15-18-21/h20H,2-17H2,1H3. The zero-order chi connectivity index (χ0) is 16.3. The van der Waals surface area contributed by atoms with E-state index in [2.05, 4.69) is 13.2 Å². The van der Waals surface area contributed by atoms with Crippen molar-refractivity contribution in [3.05, 3.63) is 0 Å². The molecule has 0 aliphatic rings. The monoisotopic (exact) mass is 308 g/mol. The van der Waals surface area contributed by atoms with Crippen LogP contribution in [0.3, 0.4) is 0 Å². The smallest absolute Gasteiger partial charge is 0.201 e. The predicted octanol–water partition coefficient (Wildman–Crippen LogP) is 6.08. The van der Waals surface area contributed by atoms with E-state index in [1.807, 2.05) is 6.29 Å². The first kappa shape index (κ1) is 21.3. The Balaban J connectivity index is 3.21. The highest BCUT2D eigenvalue weighted by molar-refractivity contribution is 5.54. The lowest BCUT2D eigenvalue weighted by molar-refractivity contribution is 0.454. The third-order valence-corrected chi connectivity index (χ3v) is 4.40. The van der Waals surface area contributed by atoms with Crippen molar-refractivity contribution in [2.24, 2.45) is 5.92 Å². The first-order valence-corrected chi connectivity index (χ1v) is 9.57. The summed E-state index contributed by atoms with van der Waals surface area (Å²) in [7, 11) is 0. The van der Waals surface area contributed by atoms with Crippen LogP contribution in [0, 0.1) is 5.92 Å². The molecule has 0 saturated carbocycles. The first-order chi connectivity index (χ1) is 10.8. The Kier molecular flexibility index (Phi) is 17.8. The van der Waals surface area contributed by atoms with E-state index in [0.717, 1.165) is 19.3 Å². The lowest BCUT2D eigenvalue weighted by Crippen LogP contribution is -2.01. The molecule has 0 spiro atoms. The number of carbonyl (C=O) groups excluding carboxylic acids is 2. The van der Waals surface area contributed by atoms with Gasteiger partial charge in [-0.2, -0.15) is 0 Å². The largest absolute Gasteiger partial charge is 0.291 e. The predicted molar refractivity (Wildman–Crippen MR) is 94.4 cm³/mol. The summed E-state index contributed by atoms with van der Waals surface area (Å²) in [6, 6.07) is 0. The molecule has 1 unspecified atom stereocenters. The lowest BCUT2D eigenvalue weighted by atomic mass is 9.96. The van der Waals surface area contributed by atoms with Crippen LogP contribution in [-0.4, -0.2) is 12.6 Å². The molecule has 0 N–H and O–H groups in total. The van der Waals surface area contributed by atoms with Gasteiger partial charge in [0.05, 0.1) is 0 Å². The summed E-state index contributed by atoms with van der Waals surface area (Å²) in [5, 5.41) is 0. The van der Waals surface area contributed by atoms with Gasteiger partial charge in [0.15, 0.2) is 6.29 Å². The van der Waals surface area contributed by atoms with Gasteiger partial charge < -0.3 is 0 Å². The highest BCUT2D eigenvalue weighted by Crippen LogP contribution is 2.17. The van der Waals surface area contributed by atoms with Crippen molar-refractivity contribution in [3.63, 3.8) is 0 Å². The summed E-state index contributed by atoms with van der Waals surface area (Å²) in [5.74, 6) is 0.190. The molecule has 22 heavy (non-hydrogen) atoms. The molecule has 0 aliphatic heterocycles. The van der Waals surface area contributed by atoms with Crippen molar-refractivity contribution in [1.82, 2.24) is 0 Å². The molecule has 0 aromatic rings. The van der Waals surface area contributed by atoms with Crippen LogP contribution in [0.5, 0.6) is 0 Å². The molecule has 0 heterocycles. The van der Waals surface area contributed by atoms with Crippen molar-refractivity contribution in [2.45, 2.75) is 110 Å². The average molecular weight is 309 g/mol. The van der Waals surface area contributed by atoms with Gasteiger partial charge in [-0.15, -0.1) is 0 Å². The van der Waals surface area contributed by atoms with Gasteiger partial charge in [-0.25, -0.2) is 0 Å². The topological polar surface area (TPSA) is 34.1 Å². The van der Waals surface area contributed by atoms with Gasteiger partial charge in [-0.1, -0.05) is 84.0 Å². The number of rotatable bonds is 18. The summed E-state index contributed by atoms with van der Waals surface area (Å²) in [6.45, 7) is 2.20. The number of hydrogen-bond acceptors (Lipinski definition) is 2. The van der Waals surface area contributed by atoms with Gasteiger partial charge in [0, 0.05) is 12.3 Å². The minimum atomic E-state index is 0.190. The quantitative estimate of drug-likeness (QED) is 0.287. The summed E-state index contributed by atoms with van der Waals surface area (Å²) >= 11 is 0. The van der Waals surface area contributed by atoms with Crippen molar-refractivity contribution in [1.29, 1.82) is 0 Å². The maximum absolute atomic E-state index is 10.9. The van der Waals surface area contributed by atoms with Crippen LogP contribution in [0.4, 0.5) is 0 Å². The molecule has 0 rings (SSSR count). The maximum atomic E-state index is 10.9. The molecule has 1 atom stereocenters. The minimum Gasteiger partial charge on any atom is -0.291 e. The first-order valence-electron chi connectivity index (χ1n) is 9.57. The van der Waals surface area contributed by atoms with Crippen LogP contribution >= 0.6 is 0 Å². The molecule has 0 aromatic carbocycles. The van der Waals surface area contributed by atoms with Crippen LogP contribution in [0.15, 0.2) is 0 Å².